The first-order valence-corrected chi connectivity index (χ1v) is 8.82. The predicted octanol–water partition coefficient (Wildman–Crippen LogP) is 3.82. The van der Waals surface area contributed by atoms with Crippen LogP contribution in [0.3, 0.4) is 0 Å². The molecule has 7 heteroatoms. The van der Waals surface area contributed by atoms with Crippen LogP contribution in [0.1, 0.15) is 5.76 Å². The van der Waals surface area contributed by atoms with Crippen molar-refractivity contribution in [3.8, 4) is 0 Å². The molecule has 4 nitrogen and oxygen atoms in total. The molecular weight excluding hydrogens is 398 g/mol. The highest BCUT2D eigenvalue weighted by atomic mass is 79.9. The highest BCUT2D eigenvalue weighted by molar-refractivity contribution is 9.13. The second-order valence-electron chi connectivity index (χ2n) is 3.99. The number of furan rings is 1. The molecule has 0 saturated heterocycles. The van der Waals surface area contributed by atoms with Crippen LogP contribution >= 0.6 is 31.9 Å². The Morgan fingerprint density at radius 3 is 2.58 bits per heavy atom. The van der Waals surface area contributed by atoms with Crippen LogP contribution in [0.5, 0.6) is 0 Å². The summed E-state index contributed by atoms with van der Waals surface area (Å²) in [4.78, 5) is 0.291. The number of benzene rings is 1. The quantitative estimate of drug-likeness (QED) is 0.835. The molecule has 0 aliphatic heterocycles. The van der Waals surface area contributed by atoms with Gasteiger partial charge in [-0.3, -0.25) is 0 Å². The van der Waals surface area contributed by atoms with Crippen LogP contribution in [-0.2, 0) is 16.4 Å². The van der Waals surface area contributed by atoms with Gasteiger partial charge in [0.25, 0.3) is 0 Å². The largest absolute Gasteiger partial charge is 0.451 e. The van der Waals surface area contributed by atoms with Crippen molar-refractivity contribution in [2.24, 2.45) is 0 Å². The number of anilines is 1. The van der Waals surface area contributed by atoms with Gasteiger partial charge in [0.15, 0.2) is 14.5 Å². The Balaban J connectivity index is 2.12. The van der Waals surface area contributed by atoms with Crippen LogP contribution < -0.4 is 5.32 Å². The maximum absolute atomic E-state index is 11.4. The number of sulfone groups is 1. The minimum atomic E-state index is -3.19. The zero-order chi connectivity index (χ0) is 14.0. The first-order chi connectivity index (χ1) is 8.86. The summed E-state index contributed by atoms with van der Waals surface area (Å²) in [6, 6.07) is 8.52. The number of nitrogens with one attached hydrogen (secondary N) is 1. The Bertz CT molecular complexity index is 675. The molecule has 0 aliphatic rings. The lowest BCUT2D eigenvalue weighted by atomic mass is 10.3. The molecule has 1 N–H and O–H groups in total. The van der Waals surface area contributed by atoms with Gasteiger partial charge in [0.1, 0.15) is 5.76 Å². The van der Waals surface area contributed by atoms with Gasteiger partial charge in [0.2, 0.25) is 0 Å². The molecular formula is C12H11Br2NO3S. The smallest absolute Gasteiger partial charge is 0.183 e. The SMILES string of the molecule is CS(=O)(=O)c1cccc(NCc2cc(Br)c(Br)o2)c1. The van der Waals surface area contributed by atoms with Crippen molar-refractivity contribution in [1.82, 2.24) is 0 Å². The van der Waals surface area contributed by atoms with Gasteiger partial charge >= 0.3 is 0 Å². The van der Waals surface area contributed by atoms with E-state index in [0.717, 1.165) is 15.9 Å². The van der Waals surface area contributed by atoms with Crippen molar-refractivity contribution >= 4 is 47.4 Å². The fraction of sp³-hybridized carbons (Fsp3) is 0.167. The summed E-state index contributed by atoms with van der Waals surface area (Å²) in [5.74, 6) is 0.739. The summed E-state index contributed by atoms with van der Waals surface area (Å²) in [5.41, 5.74) is 0.728. The molecule has 1 aromatic heterocycles. The minimum Gasteiger partial charge on any atom is -0.451 e. The van der Waals surface area contributed by atoms with Gasteiger partial charge in [-0.15, -0.1) is 0 Å². The number of hydrogen-bond acceptors (Lipinski definition) is 4. The van der Waals surface area contributed by atoms with E-state index >= 15 is 0 Å². The van der Waals surface area contributed by atoms with E-state index in [4.69, 9.17) is 4.42 Å². The summed E-state index contributed by atoms with van der Waals surface area (Å²) in [5, 5.41) is 3.11. The molecule has 0 saturated carbocycles. The molecule has 0 amide bonds. The standard InChI is InChI=1S/C12H11Br2NO3S/c1-19(16,17)10-4-2-3-8(5-10)15-7-9-6-11(13)12(14)18-9/h2-6,15H,7H2,1H3. The molecule has 2 aromatic rings. The van der Waals surface area contributed by atoms with E-state index in [1.807, 2.05) is 12.1 Å². The Hall–Kier alpha value is -0.790. The van der Waals surface area contributed by atoms with E-state index in [9.17, 15) is 8.42 Å². The van der Waals surface area contributed by atoms with E-state index < -0.39 is 9.84 Å². The monoisotopic (exact) mass is 407 g/mol. The summed E-state index contributed by atoms with van der Waals surface area (Å²) in [7, 11) is -3.19. The fourth-order valence-corrected chi connectivity index (χ4v) is 2.83. The van der Waals surface area contributed by atoms with Crippen LogP contribution in [0.15, 0.2) is 48.8 Å². The molecule has 0 unspecified atom stereocenters. The van der Waals surface area contributed by atoms with Crippen molar-refractivity contribution in [1.29, 1.82) is 0 Å². The molecule has 0 atom stereocenters. The Labute approximate surface area is 128 Å². The maximum atomic E-state index is 11.4. The zero-order valence-corrected chi connectivity index (χ0v) is 14.0. The van der Waals surface area contributed by atoms with E-state index in [-0.39, 0.29) is 0 Å². The third-order valence-corrected chi connectivity index (χ3v) is 5.25. The van der Waals surface area contributed by atoms with Crippen LogP contribution in [-0.4, -0.2) is 14.7 Å². The average molecular weight is 409 g/mol. The van der Waals surface area contributed by atoms with Gasteiger partial charge in [-0.05, 0) is 56.1 Å². The van der Waals surface area contributed by atoms with Gasteiger partial charge in [-0.1, -0.05) is 6.07 Å². The van der Waals surface area contributed by atoms with E-state index in [2.05, 4.69) is 37.2 Å². The van der Waals surface area contributed by atoms with Crippen molar-refractivity contribution in [2.45, 2.75) is 11.4 Å². The number of halogens is 2. The topological polar surface area (TPSA) is 59.3 Å². The van der Waals surface area contributed by atoms with Gasteiger partial charge in [-0.25, -0.2) is 8.42 Å². The number of hydrogen-bond donors (Lipinski definition) is 1. The molecule has 0 spiro atoms. The summed E-state index contributed by atoms with van der Waals surface area (Å²) >= 11 is 6.59. The molecule has 1 aromatic carbocycles. The van der Waals surface area contributed by atoms with Crippen LogP contribution in [0, 0.1) is 0 Å². The molecule has 0 radical (unpaired) electrons. The molecule has 0 bridgehead atoms. The maximum Gasteiger partial charge on any atom is 0.183 e. The first kappa shape index (κ1) is 14.6. The highest BCUT2D eigenvalue weighted by Crippen LogP contribution is 2.27. The molecule has 1 heterocycles. The lowest BCUT2D eigenvalue weighted by Gasteiger charge is -2.06. The van der Waals surface area contributed by atoms with Crippen molar-refractivity contribution in [3.05, 3.63) is 45.2 Å². The predicted molar refractivity (Wildman–Crippen MR) is 81.0 cm³/mol. The fourth-order valence-electron chi connectivity index (χ4n) is 1.50. The van der Waals surface area contributed by atoms with Gasteiger partial charge < -0.3 is 9.73 Å². The highest BCUT2D eigenvalue weighted by Gasteiger charge is 2.08. The van der Waals surface area contributed by atoms with Crippen LogP contribution in [0.2, 0.25) is 0 Å². The van der Waals surface area contributed by atoms with Crippen LogP contribution in [0.4, 0.5) is 5.69 Å². The Kier molecular flexibility index (Phi) is 4.37. The van der Waals surface area contributed by atoms with E-state index in [1.54, 1.807) is 18.2 Å². The van der Waals surface area contributed by atoms with Crippen molar-refractivity contribution < 1.29 is 12.8 Å². The molecule has 19 heavy (non-hydrogen) atoms. The van der Waals surface area contributed by atoms with Crippen LogP contribution in [0.25, 0.3) is 0 Å². The summed E-state index contributed by atoms with van der Waals surface area (Å²) < 4.78 is 29.8. The lowest BCUT2D eigenvalue weighted by molar-refractivity contribution is 0.494. The Morgan fingerprint density at radius 1 is 1.26 bits per heavy atom. The second kappa shape index (κ2) is 5.68. The zero-order valence-electron chi connectivity index (χ0n) is 9.98. The molecule has 102 valence electrons. The van der Waals surface area contributed by atoms with Crippen molar-refractivity contribution in [2.75, 3.05) is 11.6 Å². The third kappa shape index (κ3) is 3.84. The van der Waals surface area contributed by atoms with Gasteiger partial charge in [-0.2, -0.15) is 0 Å². The normalized spacial score (nSPS) is 11.5. The summed E-state index contributed by atoms with van der Waals surface area (Å²) in [6.45, 7) is 0.470. The van der Waals surface area contributed by atoms with E-state index in [1.165, 1.54) is 6.26 Å². The van der Waals surface area contributed by atoms with Gasteiger partial charge in [0.05, 0.1) is 15.9 Å². The minimum absolute atomic E-state index is 0.291. The Morgan fingerprint density at radius 2 is 2.00 bits per heavy atom. The third-order valence-electron chi connectivity index (χ3n) is 2.43. The number of rotatable bonds is 4. The first-order valence-electron chi connectivity index (χ1n) is 5.34. The van der Waals surface area contributed by atoms with Crippen molar-refractivity contribution in [3.63, 3.8) is 0 Å². The molecule has 2 rings (SSSR count). The summed E-state index contributed by atoms with van der Waals surface area (Å²) in [6.07, 6.45) is 1.19. The molecule has 0 fully saturated rings. The lowest BCUT2D eigenvalue weighted by Crippen LogP contribution is -2.01. The molecule has 0 aliphatic carbocycles. The van der Waals surface area contributed by atoms with E-state index in [0.29, 0.717) is 16.1 Å². The van der Waals surface area contributed by atoms with Gasteiger partial charge in [0, 0.05) is 11.9 Å². The second-order valence-corrected chi connectivity index (χ2v) is 7.58. The average Bonchev–Trinajstić information content (AvgIpc) is 2.66.